The Balaban J connectivity index is 1.93. The Bertz CT molecular complexity index is 755. The van der Waals surface area contributed by atoms with Crippen LogP contribution in [0.15, 0.2) is 54.6 Å². The van der Waals surface area contributed by atoms with Crippen molar-refractivity contribution in [2.45, 2.75) is 26.1 Å². The minimum atomic E-state index is -1.45. The maximum atomic E-state index is 12.1. The normalized spacial score (nSPS) is 12.8. The van der Waals surface area contributed by atoms with Gasteiger partial charge in [0.15, 0.2) is 18.0 Å². The number of benzene rings is 2. The van der Waals surface area contributed by atoms with Crippen LogP contribution in [0, 0.1) is 0 Å². The van der Waals surface area contributed by atoms with Crippen LogP contribution in [0.5, 0.6) is 0 Å². The molecule has 0 radical (unpaired) electrons. The lowest BCUT2D eigenvalue weighted by atomic mass is 10.1. The maximum Gasteiger partial charge on any atom is 0.340 e. The van der Waals surface area contributed by atoms with Crippen molar-refractivity contribution in [2.75, 3.05) is 5.32 Å². The summed E-state index contributed by atoms with van der Waals surface area (Å²) in [4.78, 5) is 35.3. The highest BCUT2D eigenvalue weighted by Gasteiger charge is 2.24. The lowest BCUT2D eigenvalue weighted by Crippen LogP contribution is -2.31. The van der Waals surface area contributed by atoms with E-state index >= 15 is 0 Å². The number of Topliss-reactive ketones (excluding diaryl/α,β-unsaturated/α-hetero) is 1. The van der Waals surface area contributed by atoms with Crippen LogP contribution in [-0.4, -0.2) is 28.9 Å². The van der Waals surface area contributed by atoms with Crippen molar-refractivity contribution in [2.24, 2.45) is 0 Å². The fourth-order valence-electron chi connectivity index (χ4n) is 2.10. The highest BCUT2D eigenvalue weighted by atomic mass is 16.6. The highest BCUT2D eigenvalue weighted by molar-refractivity contribution is 5.97. The lowest BCUT2D eigenvalue weighted by Gasteiger charge is -2.16. The molecular weight excluding hydrogens is 322 g/mol. The minimum absolute atomic E-state index is 0.0740. The van der Waals surface area contributed by atoms with Crippen LogP contribution in [0.25, 0.3) is 0 Å². The second kappa shape index (κ2) is 8.21. The smallest absolute Gasteiger partial charge is 0.340 e. The van der Waals surface area contributed by atoms with Gasteiger partial charge in [-0.05, 0) is 43.7 Å². The van der Waals surface area contributed by atoms with Crippen LogP contribution < -0.4 is 5.32 Å². The quantitative estimate of drug-likeness (QED) is 0.622. The summed E-state index contributed by atoms with van der Waals surface area (Å²) in [6, 6.07) is 14.7. The number of aliphatic hydroxyl groups excluding tert-OH is 1. The summed E-state index contributed by atoms with van der Waals surface area (Å²) in [7, 11) is 0. The second-order valence-corrected chi connectivity index (χ2v) is 5.52. The standard InChI is InChI=1S/C19H19NO5/c1-12(21)14-8-10-16(11-9-14)20-18(23)13(2)25-19(24)17(22)15-6-4-3-5-7-15/h3-11,13,17,22H,1-2H3,(H,20,23)/t13-,17+/m1/s1. The van der Waals surface area contributed by atoms with Gasteiger partial charge in [0, 0.05) is 11.3 Å². The number of hydrogen-bond donors (Lipinski definition) is 2. The van der Waals surface area contributed by atoms with E-state index in [1.54, 1.807) is 54.6 Å². The monoisotopic (exact) mass is 341 g/mol. The first-order valence-corrected chi connectivity index (χ1v) is 7.74. The largest absolute Gasteiger partial charge is 0.450 e. The molecule has 0 aliphatic rings. The molecule has 2 N–H and O–H groups in total. The Hall–Kier alpha value is -2.99. The van der Waals surface area contributed by atoms with Crippen molar-refractivity contribution < 1.29 is 24.2 Å². The van der Waals surface area contributed by atoms with E-state index < -0.39 is 24.1 Å². The molecule has 1 amide bonds. The van der Waals surface area contributed by atoms with Gasteiger partial charge in [-0.15, -0.1) is 0 Å². The number of carbonyl (C=O) groups excluding carboxylic acids is 3. The summed E-state index contributed by atoms with van der Waals surface area (Å²) in [5, 5.41) is 12.5. The zero-order valence-electron chi connectivity index (χ0n) is 13.9. The fraction of sp³-hybridized carbons (Fsp3) is 0.211. The number of ether oxygens (including phenoxy) is 1. The van der Waals surface area contributed by atoms with Crippen LogP contribution in [0.2, 0.25) is 0 Å². The van der Waals surface area contributed by atoms with Crippen molar-refractivity contribution in [3.8, 4) is 0 Å². The molecule has 0 aromatic heterocycles. The molecule has 0 fully saturated rings. The first-order valence-electron chi connectivity index (χ1n) is 7.74. The van der Waals surface area contributed by atoms with E-state index in [1.165, 1.54) is 13.8 Å². The maximum absolute atomic E-state index is 12.1. The van der Waals surface area contributed by atoms with Gasteiger partial charge in [0.2, 0.25) is 0 Å². The molecule has 0 heterocycles. The van der Waals surface area contributed by atoms with Gasteiger partial charge in [-0.1, -0.05) is 30.3 Å². The Labute approximate surface area is 145 Å². The summed E-state index contributed by atoms with van der Waals surface area (Å²) >= 11 is 0. The van der Waals surface area contributed by atoms with Gasteiger partial charge in [0.05, 0.1) is 0 Å². The fourth-order valence-corrected chi connectivity index (χ4v) is 2.10. The van der Waals surface area contributed by atoms with Gasteiger partial charge in [-0.3, -0.25) is 9.59 Å². The molecule has 2 rings (SSSR count). The van der Waals surface area contributed by atoms with E-state index in [4.69, 9.17) is 4.74 Å². The van der Waals surface area contributed by atoms with E-state index in [2.05, 4.69) is 5.32 Å². The molecule has 25 heavy (non-hydrogen) atoms. The topological polar surface area (TPSA) is 92.7 Å². The average molecular weight is 341 g/mol. The number of ketones is 1. The molecule has 6 heteroatoms. The van der Waals surface area contributed by atoms with Crippen molar-refractivity contribution in [3.05, 3.63) is 65.7 Å². The van der Waals surface area contributed by atoms with Crippen LogP contribution in [0.1, 0.15) is 35.9 Å². The predicted octanol–water partition coefficient (Wildman–Crippen LogP) is 2.49. The lowest BCUT2D eigenvalue weighted by molar-refractivity contribution is -0.162. The van der Waals surface area contributed by atoms with Crippen LogP contribution >= 0.6 is 0 Å². The molecule has 2 aromatic rings. The van der Waals surface area contributed by atoms with Gasteiger partial charge < -0.3 is 15.2 Å². The van der Waals surface area contributed by atoms with E-state index in [0.717, 1.165) is 0 Å². The first kappa shape index (κ1) is 18.4. The van der Waals surface area contributed by atoms with E-state index in [9.17, 15) is 19.5 Å². The molecule has 0 bridgehead atoms. The summed E-state index contributed by atoms with van der Waals surface area (Å²) in [6.45, 7) is 2.86. The van der Waals surface area contributed by atoms with Gasteiger partial charge in [0.25, 0.3) is 5.91 Å². The van der Waals surface area contributed by atoms with Gasteiger partial charge in [0.1, 0.15) is 0 Å². The highest BCUT2D eigenvalue weighted by Crippen LogP contribution is 2.15. The Kier molecular flexibility index (Phi) is 6.03. The minimum Gasteiger partial charge on any atom is -0.450 e. The number of esters is 1. The summed E-state index contributed by atoms with van der Waals surface area (Å²) in [5.41, 5.74) is 1.39. The molecule has 6 nitrogen and oxygen atoms in total. The summed E-state index contributed by atoms with van der Waals surface area (Å²) in [6.07, 6.45) is -2.54. The van der Waals surface area contributed by atoms with Crippen molar-refractivity contribution in [3.63, 3.8) is 0 Å². The third kappa shape index (κ3) is 4.99. The van der Waals surface area contributed by atoms with Crippen molar-refractivity contribution in [1.29, 1.82) is 0 Å². The number of anilines is 1. The van der Waals surface area contributed by atoms with Gasteiger partial charge >= 0.3 is 5.97 Å². The van der Waals surface area contributed by atoms with Crippen molar-refractivity contribution in [1.82, 2.24) is 0 Å². The Morgan fingerprint density at radius 3 is 2.16 bits per heavy atom. The predicted molar refractivity (Wildman–Crippen MR) is 92.0 cm³/mol. The van der Waals surface area contributed by atoms with Crippen LogP contribution in [0.4, 0.5) is 5.69 Å². The Morgan fingerprint density at radius 2 is 1.60 bits per heavy atom. The third-order valence-corrected chi connectivity index (χ3v) is 3.56. The SMILES string of the molecule is CC(=O)c1ccc(NC(=O)[C@@H](C)OC(=O)[C@@H](O)c2ccccc2)cc1. The second-order valence-electron chi connectivity index (χ2n) is 5.52. The zero-order valence-corrected chi connectivity index (χ0v) is 13.9. The molecule has 0 unspecified atom stereocenters. The third-order valence-electron chi connectivity index (χ3n) is 3.56. The van der Waals surface area contributed by atoms with E-state index in [-0.39, 0.29) is 5.78 Å². The number of rotatable bonds is 6. The van der Waals surface area contributed by atoms with Gasteiger partial charge in [-0.2, -0.15) is 0 Å². The molecule has 0 spiro atoms. The molecule has 130 valence electrons. The molecule has 0 saturated carbocycles. The van der Waals surface area contributed by atoms with Crippen LogP contribution in [0.3, 0.4) is 0 Å². The number of carbonyl (C=O) groups is 3. The van der Waals surface area contributed by atoms with Gasteiger partial charge in [-0.25, -0.2) is 4.79 Å². The number of hydrogen-bond acceptors (Lipinski definition) is 5. The van der Waals surface area contributed by atoms with E-state index in [1.807, 2.05) is 0 Å². The first-order chi connectivity index (χ1) is 11.9. The zero-order chi connectivity index (χ0) is 18.4. The van der Waals surface area contributed by atoms with E-state index in [0.29, 0.717) is 16.8 Å². The molecule has 0 aliphatic heterocycles. The molecule has 2 aromatic carbocycles. The molecule has 0 saturated heterocycles. The number of amides is 1. The number of aliphatic hydroxyl groups is 1. The summed E-state index contributed by atoms with van der Waals surface area (Å²) < 4.78 is 5.01. The Morgan fingerprint density at radius 1 is 1.00 bits per heavy atom. The molecular formula is C19H19NO5. The molecule has 2 atom stereocenters. The average Bonchev–Trinajstić information content (AvgIpc) is 2.62. The van der Waals surface area contributed by atoms with Crippen molar-refractivity contribution >= 4 is 23.3 Å². The number of nitrogens with one attached hydrogen (secondary N) is 1. The summed E-state index contributed by atoms with van der Waals surface area (Å²) in [5.74, 6) is -1.51. The van der Waals surface area contributed by atoms with Crippen LogP contribution in [-0.2, 0) is 14.3 Å². The molecule has 0 aliphatic carbocycles.